The molecule has 0 aliphatic carbocycles. The third-order valence-electron chi connectivity index (χ3n) is 2.51. The van der Waals surface area contributed by atoms with Crippen LogP contribution in [0.15, 0.2) is 41.4 Å². The standard InChI is InChI=1S/C12H9N3S/c13-12-11-9(2-1-4-14-11)10(6-15-12)8-3-5-16-7-8/h1-7H,(H2,13,15). The summed E-state index contributed by atoms with van der Waals surface area (Å²) in [5, 5.41) is 5.20. The van der Waals surface area contributed by atoms with Gasteiger partial charge in [-0.05, 0) is 28.5 Å². The molecule has 78 valence electrons. The Balaban J connectivity index is 2.39. The molecular weight excluding hydrogens is 218 g/mol. The molecule has 3 nitrogen and oxygen atoms in total. The summed E-state index contributed by atoms with van der Waals surface area (Å²) in [7, 11) is 0. The summed E-state index contributed by atoms with van der Waals surface area (Å²) in [5.74, 6) is 0.481. The van der Waals surface area contributed by atoms with Crippen molar-refractivity contribution in [1.82, 2.24) is 9.97 Å². The van der Waals surface area contributed by atoms with E-state index >= 15 is 0 Å². The van der Waals surface area contributed by atoms with Crippen LogP contribution in [0.4, 0.5) is 5.82 Å². The quantitative estimate of drug-likeness (QED) is 0.695. The fourth-order valence-corrected chi connectivity index (χ4v) is 2.40. The number of nitrogen functional groups attached to an aromatic ring is 1. The fraction of sp³-hybridized carbons (Fsp3) is 0. The predicted molar refractivity (Wildman–Crippen MR) is 67.3 cm³/mol. The van der Waals surface area contributed by atoms with E-state index in [2.05, 4.69) is 21.4 Å². The molecule has 0 aliphatic heterocycles. The van der Waals surface area contributed by atoms with Crippen LogP contribution in [0.1, 0.15) is 0 Å². The first kappa shape index (κ1) is 9.30. The Hall–Kier alpha value is -1.94. The van der Waals surface area contributed by atoms with Crippen LogP contribution in [0.2, 0.25) is 0 Å². The van der Waals surface area contributed by atoms with Crippen molar-refractivity contribution in [3.05, 3.63) is 41.4 Å². The molecular formula is C12H9N3S. The normalized spacial score (nSPS) is 10.8. The topological polar surface area (TPSA) is 51.8 Å². The number of aromatic nitrogens is 2. The summed E-state index contributed by atoms with van der Waals surface area (Å²) in [6.07, 6.45) is 3.54. The molecule has 0 spiro atoms. The van der Waals surface area contributed by atoms with E-state index in [0.717, 1.165) is 22.0 Å². The zero-order valence-electron chi connectivity index (χ0n) is 8.42. The molecule has 0 aliphatic rings. The van der Waals surface area contributed by atoms with Gasteiger partial charge in [0.15, 0.2) is 0 Å². The number of fused-ring (bicyclic) bond motifs is 1. The van der Waals surface area contributed by atoms with Crippen molar-refractivity contribution in [2.45, 2.75) is 0 Å². The molecule has 3 rings (SSSR count). The van der Waals surface area contributed by atoms with Gasteiger partial charge in [-0.1, -0.05) is 6.07 Å². The molecule has 2 N–H and O–H groups in total. The SMILES string of the molecule is Nc1ncc(-c2ccsc2)c2cccnc12. The molecule has 4 heteroatoms. The summed E-state index contributed by atoms with van der Waals surface area (Å²) < 4.78 is 0. The van der Waals surface area contributed by atoms with Crippen molar-refractivity contribution >= 4 is 28.1 Å². The highest BCUT2D eigenvalue weighted by molar-refractivity contribution is 7.08. The number of hydrogen-bond donors (Lipinski definition) is 1. The number of nitrogens with zero attached hydrogens (tertiary/aromatic N) is 2. The van der Waals surface area contributed by atoms with Gasteiger partial charge in [0.25, 0.3) is 0 Å². The summed E-state index contributed by atoms with van der Waals surface area (Å²) in [5.41, 5.74) is 8.82. The number of anilines is 1. The van der Waals surface area contributed by atoms with E-state index in [9.17, 15) is 0 Å². The smallest absolute Gasteiger partial charge is 0.149 e. The van der Waals surface area contributed by atoms with Gasteiger partial charge in [0.05, 0.1) is 0 Å². The Morgan fingerprint density at radius 2 is 2.12 bits per heavy atom. The summed E-state index contributed by atoms with van der Waals surface area (Å²) >= 11 is 1.67. The number of rotatable bonds is 1. The van der Waals surface area contributed by atoms with Crippen LogP contribution in [-0.2, 0) is 0 Å². The van der Waals surface area contributed by atoms with Crippen LogP contribution >= 0.6 is 11.3 Å². The van der Waals surface area contributed by atoms with Crippen LogP contribution in [0, 0.1) is 0 Å². The summed E-state index contributed by atoms with van der Waals surface area (Å²) in [6.45, 7) is 0. The van der Waals surface area contributed by atoms with Crippen LogP contribution in [0.25, 0.3) is 22.0 Å². The molecule has 0 radical (unpaired) electrons. The third-order valence-corrected chi connectivity index (χ3v) is 3.19. The Kier molecular flexibility index (Phi) is 2.08. The molecule has 16 heavy (non-hydrogen) atoms. The lowest BCUT2D eigenvalue weighted by Crippen LogP contribution is -1.94. The Morgan fingerprint density at radius 1 is 1.19 bits per heavy atom. The number of nitrogens with two attached hydrogens (primary N) is 1. The van der Waals surface area contributed by atoms with E-state index in [4.69, 9.17) is 5.73 Å². The van der Waals surface area contributed by atoms with Gasteiger partial charge in [0, 0.05) is 23.3 Å². The van der Waals surface area contributed by atoms with Gasteiger partial charge >= 0.3 is 0 Å². The minimum Gasteiger partial charge on any atom is -0.382 e. The first-order chi connectivity index (χ1) is 7.86. The lowest BCUT2D eigenvalue weighted by molar-refractivity contribution is 1.32. The molecule has 0 atom stereocenters. The average molecular weight is 227 g/mol. The zero-order chi connectivity index (χ0) is 11.0. The average Bonchev–Trinajstić information content (AvgIpc) is 2.83. The van der Waals surface area contributed by atoms with Crippen molar-refractivity contribution in [1.29, 1.82) is 0 Å². The van der Waals surface area contributed by atoms with E-state index in [1.54, 1.807) is 23.7 Å². The van der Waals surface area contributed by atoms with Crippen molar-refractivity contribution in [3.8, 4) is 11.1 Å². The Labute approximate surface area is 96.6 Å². The van der Waals surface area contributed by atoms with Crippen LogP contribution in [-0.4, -0.2) is 9.97 Å². The Bertz CT molecular complexity index is 632. The highest BCUT2D eigenvalue weighted by Crippen LogP contribution is 2.30. The third kappa shape index (κ3) is 1.35. The van der Waals surface area contributed by atoms with Crippen LogP contribution < -0.4 is 5.73 Å². The largest absolute Gasteiger partial charge is 0.382 e. The second-order valence-corrected chi connectivity index (χ2v) is 4.25. The molecule has 0 unspecified atom stereocenters. The van der Waals surface area contributed by atoms with Crippen molar-refractivity contribution < 1.29 is 0 Å². The Morgan fingerprint density at radius 3 is 2.94 bits per heavy atom. The van der Waals surface area contributed by atoms with Crippen molar-refractivity contribution in [2.75, 3.05) is 5.73 Å². The first-order valence-corrected chi connectivity index (χ1v) is 5.82. The first-order valence-electron chi connectivity index (χ1n) is 4.88. The molecule has 3 heterocycles. The van der Waals surface area contributed by atoms with Gasteiger partial charge in [-0.15, -0.1) is 0 Å². The second-order valence-electron chi connectivity index (χ2n) is 3.47. The maximum atomic E-state index is 5.81. The second kappa shape index (κ2) is 3.57. The molecule has 3 aromatic rings. The minimum atomic E-state index is 0.481. The molecule has 0 saturated carbocycles. The monoisotopic (exact) mass is 227 g/mol. The predicted octanol–water partition coefficient (Wildman–Crippen LogP) is 2.94. The molecule has 0 saturated heterocycles. The molecule has 3 aromatic heterocycles. The number of thiophene rings is 1. The number of pyridine rings is 2. The zero-order valence-corrected chi connectivity index (χ0v) is 9.24. The van der Waals surface area contributed by atoms with Gasteiger partial charge in [0.2, 0.25) is 0 Å². The summed E-state index contributed by atoms with van der Waals surface area (Å²) in [4.78, 5) is 8.45. The van der Waals surface area contributed by atoms with Gasteiger partial charge in [0.1, 0.15) is 11.3 Å². The fourth-order valence-electron chi connectivity index (χ4n) is 1.74. The molecule has 0 amide bonds. The maximum absolute atomic E-state index is 5.81. The van der Waals surface area contributed by atoms with Crippen LogP contribution in [0.5, 0.6) is 0 Å². The van der Waals surface area contributed by atoms with E-state index < -0.39 is 0 Å². The highest BCUT2D eigenvalue weighted by atomic mass is 32.1. The maximum Gasteiger partial charge on any atom is 0.149 e. The van der Waals surface area contributed by atoms with E-state index in [-0.39, 0.29) is 0 Å². The molecule has 0 aromatic carbocycles. The van der Waals surface area contributed by atoms with Gasteiger partial charge in [-0.25, -0.2) is 4.98 Å². The highest BCUT2D eigenvalue weighted by Gasteiger charge is 2.07. The molecule has 0 bridgehead atoms. The van der Waals surface area contributed by atoms with E-state index in [1.807, 2.05) is 17.5 Å². The van der Waals surface area contributed by atoms with Gasteiger partial charge < -0.3 is 5.73 Å². The minimum absolute atomic E-state index is 0.481. The van der Waals surface area contributed by atoms with Crippen LogP contribution in [0.3, 0.4) is 0 Å². The van der Waals surface area contributed by atoms with E-state index in [0.29, 0.717) is 5.82 Å². The van der Waals surface area contributed by atoms with E-state index in [1.165, 1.54) is 0 Å². The van der Waals surface area contributed by atoms with Gasteiger partial charge in [-0.2, -0.15) is 11.3 Å². The van der Waals surface area contributed by atoms with Crippen molar-refractivity contribution in [3.63, 3.8) is 0 Å². The lowest BCUT2D eigenvalue weighted by atomic mass is 10.1. The lowest BCUT2D eigenvalue weighted by Gasteiger charge is -2.05. The van der Waals surface area contributed by atoms with Crippen molar-refractivity contribution in [2.24, 2.45) is 0 Å². The summed E-state index contributed by atoms with van der Waals surface area (Å²) in [6, 6.07) is 6.01. The molecule has 0 fully saturated rings. The van der Waals surface area contributed by atoms with Gasteiger partial charge in [-0.3, -0.25) is 4.98 Å². The number of hydrogen-bond acceptors (Lipinski definition) is 4.